The molecule has 1 aromatic carbocycles. The fraction of sp³-hybridized carbons (Fsp3) is 0.227. The van der Waals surface area contributed by atoms with Gasteiger partial charge in [0.1, 0.15) is 11.7 Å². The summed E-state index contributed by atoms with van der Waals surface area (Å²) >= 11 is 7.70. The van der Waals surface area contributed by atoms with Crippen molar-refractivity contribution in [1.29, 1.82) is 0 Å². The molecule has 0 saturated heterocycles. The maximum Gasteiger partial charge on any atom is 0.363 e. The fourth-order valence-corrected chi connectivity index (χ4v) is 4.70. The quantitative estimate of drug-likeness (QED) is 0.546. The molecule has 1 atom stereocenters. The van der Waals surface area contributed by atoms with Crippen molar-refractivity contribution in [2.24, 2.45) is 0 Å². The van der Waals surface area contributed by atoms with Crippen molar-refractivity contribution in [3.05, 3.63) is 81.4 Å². The van der Waals surface area contributed by atoms with Crippen LogP contribution in [0.15, 0.2) is 54.7 Å². The van der Waals surface area contributed by atoms with E-state index in [1.165, 1.54) is 17.5 Å². The zero-order valence-electron chi connectivity index (χ0n) is 18.7. The molecule has 0 amide bonds. The normalized spacial score (nSPS) is 16.5. The number of fused-ring (bicyclic) bond motifs is 1. The summed E-state index contributed by atoms with van der Waals surface area (Å²) in [6.07, 6.45) is 2.10. The van der Waals surface area contributed by atoms with Gasteiger partial charge < -0.3 is 9.47 Å². The van der Waals surface area contributed by atoms with Crippen LogP contribution in [0.25, 0.3) is 0 Å². The Morgan fingerprint density at radius 2 is 2.10 bits per heavy atom. The molecular weight excluding hydrogens is 424 g/mol. The summed E-state index contributed by atoms with van der Waals surface area (Å²) in [7, 11) is -2.87. The molecule has 0 N–H and O–H groups in total. The second-order valence-corrected chi connectivity index (χ2v) is 8.19. The topological polar surface area (TPSA) is 68.7 Å². The van der Waals surface area contributed by atoms with Gasteiger partial charge in [-0.2, -0.15) is 0 Å². The summed E-state index contributed by atoms with van der Waals surface area (Å²) in [4.78, 5) is 32.0. The van der Waals surface area contributed by atoms with Gasteiger partial charge in [-0.1, -0.05) is 35.9 Å². The molecule has 154 valence electrons. The van der Waals surface area contributed by atoms with E-state index >= 15 is 0 Å². The highest BCUT2D eigenvalue weighted by atomic mass is 35.5. The number of pyridine rings is 1. The molecule has 0 spiro atoms. The summed E-state index contributed by atoms with van der Waals surface area (Å²) in [6, 6.07) is 12.5. The van der Waals surface area contributed by atoms with Crippen molar-refractivity contribution < 1.29 is 23.2 Å². The summed E-state index contributed by atoms with van der Waals surface area (Å²) in [5.74, 6) is -1.45. The number of benzene rings is 1. The molecule has 6 nitrogen and oxygen atoms in total. The van der Waals surface area contributed by atoms with E-state index in [2.05, 4.69) is 4.98 Å². The Balaban J connectivity index is 1.56. The standard InChI is InChI=1S/C22H19ClN2O4S/c1-28-22(27)20(15-6-2-3-7-16(15)23)25-11-9-18-14(13-25)12-19(30-18)29-21(26)17-8-4-5-10-24-17/h2-8,10,12,20H,9,11,13H2,1H3/t20-/m0/s1/i1D3. The van der Waals surface area contributed by atoms with E-state index in [0.29, 0.717) is 35.2 Å². The Hall–Kier alpha value is -2.74. The molecule has 1 aliphatic rings. The highest BCUT2D eigenvalue weighted by Crippen LogP contribution is 2.37. The van der Waals surface area contributed by atoms with Gasteiger partial charge in [0.2, 0.25) is 0 Å². The monoisotopic (exact) mass is 445 g/mol. The van der Waals surface area contributed by atoms with Crippen molar-refractivity contribution in [3.8, 4) is 5.06 Å². The number of halogens is 1. The molecule has 4 rings (SSSR count). The number of methoxy groups -OCH3 is 1. The van der Waals surface area contributed by atoms with Gasteiger partial charge in [-0.15, -0.1) is 11.3 Å². The molecular formula is C22H19ClN2O4S. The average Bonchev–Trinajstić information content (AvgIpc) is 3.16. The third kappa shape index (κ3) is 4.23. The Morgan fingerprint density at radius 1 is 1.27 bits per heavy atom. The van der Waals surface area contributed by atoms with Crippen LogP contribution in [0.2, 0.25) is 5.02 Å². The summed E-state index contributed by atoms with van der Waals surface area (Å²) in [5, 5.41) is 0.767. The van der Waals surface area contributed by atoms with Crippen LogP contribution in [-0.2, 0) is 22.5 Å². The zero-order valence-corrected chi connectivity index (χ0v) is 17.3. The number of thiophene rings is 1. The zero-order chi connectivity index (χ0) is 23.6. The maximum absolute atomic E-state index is 12.9. The molecule has 3 heterocycles. The number of hydrogen-bond donors (Lipinski definition) is 0. The van der Waals surface area contributed by atoms with E-state index in [9.17, 15) is 9.59 Å². The van der Waals surface area contributed by atoms with E-state index < -0.39 is 25.0 Å². The van der Waals surface area contributed by atoms with E-state index in [1.54, 1.807) is 48.5 Å². The van der Waals surface area contributed by atoms with Crippen LogP contribution in [0.3, 0.4) is 0 Å². The largest absolute Gasteiger partial charge is 0.468 e. The predicted molar refractivity (Wildman–Crippen MR) is 114 cm³/mol. The number of hydrogen-bond acceptors (Lipinski definition) is 7. The van der Waals surface area contributed by atoms with Gasteiger partial charge in [-0.3, -0.25) is 4.90 Å². The first-order chi connectivity index (χ1) is 15.7. The van der Waals surface area contributed by atoms with Gasteiger partial charge in [0.15, 0.2) is 5.06 Å². The number of aromatic nitrogens is 1. The Bertz CT molecular complexity index is 1170. The number of carbonyl (C=O) groups excluding carboxylic acids is 2. The van der Waals surface area contributed by atoms with Crippen molar-refractivity contribution in [3.63, 3.8) is 0 Å². The Kier molecular flexibility index (Phi) is 5.07. The highest BCUT2D eigenvalue weighted by molar-refractivity contribution is 7.14. The van der Waals surface area contributed by atoms with E-state index in [1.807, 2.05) is 4.90 Å². The van der Waals surface area contributed by atoms with Crippen LogP contribution in [0, 0.1) is 0 Å². The fourth-order valence-electron chi connectivity index (χ4n) is 3.45. The summed E-state index contributed by atoms with van der Waals surface area (Å²) < 4.78 is 32.2. The number of nitrogens with zero attached hydrogens (tertiary/aromatic N) is 2. The first-order valence-corrected chi connectivity index (χ1v) is 10.4. The van der Waals surface area contributed by atoms with Crippen LogP contribution in [-0.4, -0.2) is 35.4 Å². The van der Waals surface area contributed by atoms with Gasteiger partial charge >= 0.3 is 11.9 Å². The minimum atomic E-state index is -2.87. The van der Waals surface area contributed by atoms with E-state index in [0.717, 1.165) is 10.4 Å². The summed E-state index contributed by atoms with van der Waals surface area (Å²) in [5.41, 5.74) is 1.56. The number of esters is 2. The molecule has 0 radical (unpaired) electrons. The molecule has 0 saturated carbocycles. The van der Waals surface area contributed by atoms with Gasteiger partial charge in [0.05, 0.1) is 11.2 Å². The Morgan fingerprint density at radius 3 is 2.87 bits per heavy atom. The van der Waals surface area contributed by atoms with Crippen LogP contribution in [0.1, 0.15) is 36.6 Å². The van der Waals surface area contributed by atoms with Gasteiger partial charge in [0, 0.05) is 29.2 Å². The smallest absolute Gasteiger partial charge is 0.363 e. The lowest BCUT2D eigenvalue weighted by atomic mass is 10.0. The molecule has 1 aliphatic heterocycles. The lowest BCUT2D eigenvalue weighted by Crippen LogP contribution is -2.38. The van der Waals surface area contributed by atoms with Crippen molar-refractivity contribution in [2.45, 2.75) is 19.0 Å². The lowest BCUT2D eigenvalue weighted by molar-refractivity contribution is -0.147. The molecule has 0 bridgehead atoms. The third-order valence-corrected chi connectivity index (χ3v) is 6.29. The minimum Gasteiger partial charge on any atom is -0.468 e. The van der Waals surface area contributed by atoms with Gasteiger partial charge in [0.25, 0.3) is 0 Å². The molecule has 2 aromatic heterocycles. The predicted octanol–water partition coefficient (Wildman–Crippen LogP) is 4.29. The number of ether oxygens (including phenoxy) is 2. The average molecular weight is 446 g/mol. The number of rotatable bonds is 5. The van der Waals surface area contributed by atoms with Crippen LogP contribution in [0.5, 0.6) is 5.06 Å². The second kappa shape index (κ2) is 8.95. The van der Waals surface area contributed by atoms with E-state index in [4.69, 9.17) is 25.2 Å². The SMILES string of the molecule is [2H]C([2H])([2H])OC(=O)[C@H](c1ccccc1Cl)N1CCc2sc(OC(=O)c3ccccn3)cc2C1. The first kappa shape index (κ1) is 17.0. The third-order valence-electron chi connectivity index (χ3n) is 4.83. The molecule has 0 aliphatic carbocycles. The number of carbonyl (C=O) groups is 2. The molecule has 30 heavy (non-hydrogen) atoms. The molecule has 8 heteroatoms. The lowest BCUT2D eigenvalue weighted by Gasteiger charge is -2.33. The van der Waals surface area contributed by atoms with Crippen molar-refractivity contribution in [1.82, 2.24) is 9.88 Å². The van der Waals surface area contributed by atoms with Crippen LogP contribution >= 0.6 is 22.9 Å². The van der Waals surface area contributed by atoms with Crippen molar-refractivity contribution in [2.75, 3.05) is 13.6 Å². The minimum absolute atomic E-state index is 0.205. The molecule has 0 fully saturated rings. The molecule has 0 unspecified atom stereocenters. The van der Waals surface area contributed by atoms with Crippen LogP contribution in [0.4, 0.5) is 0 Å². The van der Waals surface area contributed by atoms with Gasteiger partial charge in [-0.05, 0) is 41.8 Å². The second-order valence-electron chi connectivity index (χ2n) is 6.68. The van der Waals surface area contributed by atoms with Crippen molar-refractivity contribution >= 4 is 34.9 Å². The molecule has 3 aromatic rings. The summed E-state index contributed by atoms with van der Waals surface area (Å²) in [6.45, 7) is 0.798. The van der Waals surface area contributed by atoms with Gasteiger partial charge in [-0.25, -0.2) is 14.6 Å². The maximum atomic E-state index is 12.9. The first-order valence-electron chi connectivity index (χ1n) is 10.7. The highest BCUT2D eigenvalue weighted by Gasteiger charge is 2.33. The van der Waals surface area contributed by atoms with Crippen LogP contribution < -0.4 is 4.74 Å². The van der Waals surface area contributed by atoms with E-state index in [-0.39, 0.29) is 5.69 Å². The Labute approximate surface area is 187 Å².